The van der Waals surface area contributed by atoms with Crippen molar-refractivity contribution in [3.8, 4) is 5.75 Å². The van der Waals surface area contributed by atoms with Crippen molar-refractivity contribution in [1.82, 2.24) is 20.4 Å². The highest BCUT2D eigenvalue weighted by atomic mass is 16.5. The maximum atomic E-state index is 12.4. The van der Waals surface area contributed by atoms with E-state index >= 15 is 0 Å². The topological polar surface area (TPSA) is 83.7 Å². The number of carbonyl (C=O) groups excluding carboxylic acids is 1. The molecule has 1 aliphatic rings. The summed E-state index contributed by atoms with van der Waals surface area (Å²) in [6.45, 7) is 7.99. The first-order valence-electron chi connectivity index (χ1n) is 9.52. The number of carbonyl (C=O) groups is 1. The van der Waals surface area contributed by atoms with Gasteiger partial charge in [-0.3, -0.25) is 0 Å². The summed E-state index contributed by atoms with van der Waals surface area (Å²) in [7, 11) is 0. The molecule has 0 atom stereocenters. The summed E-state index contributed by atoms with van der Waals surface area (Å²) >= 11 is 0. The Morgan fingerprint density at radius 3 is 2.70 bits per heavy atom. The van der Waals surface area contributed by atoms with Gasteiger partial charge >= 0.3 is 6.03 Å². The van der Waals surface area contributed by atoms with Gasteiger partial charge in [-0.05, 0) is 19.1 Å². The third kappa shape index (κ3) is 4.90. The summed E-state index contributed by atoms with van der Waals surface area (Å²) in [5.74, 6) is 2.15. The Morgan fingerprint density at radius 2 is 2.00 bits per heavy atom. The fourth-order valence-corrected chi connectivity index (χ4v) is 3.07. The molecule has 0 bridgehead atoms. The van der Waals surface area contributed by atoms with Gasteiger partial charge in [0, 0.05) is 45.6 Å². The van der Waals surface area contributed by atoms with E-state index in [0.717, 1.165) is 30.9 Å². The summed E-state index contributed by atoms with van der Waals surface area (Å²) in [5, 5.41) is 6.83. The average molecular weight is 373 g/mol. The van der Waals surface area contributed by atoms with Crippen LogP contribution in [0.3, 0.4) is 0 Å². The lowest BCUT2D eigenvalue weighted by Gasteiger charge is -2.36. The van der Waals surface area contributed by atoms with E-state index in [9.17, 15) is 4.79 Å². The number of amides is 2. The van der Waals surface area contributed by atoms with Crippen LogP contribution in [0.15, 0.2) is 28.8 Å². The molecule has 1 fully saturated rings. The maximum Gasteiger partial charge on any atom is 0.317 e. The Labute approximate surface area is 159 Å². The predicted octanol–water partition coefficient (Wildman–Crippen LogP) is 2.10. The standard InChI is InChI=1S/C19H27N5O3/c1-3-18-21-17(22-27-18)9-10-20-19(25)24-13-11-23(12-14-24)15-7-5-6-8-16(15)26-4-2/h5-8H,3-4,9-14H2,1-2H3,(H,20,25). The van der Waals surface area contributed by atoms with Crippen molar-refractivity contribution in [2.45, 2.75) is 26.7 Å². The summed E-state index contributed by atoms with van der Waals surface area (Å²) in [6, 6.07) is 7.99. The first-order chi connectivity index (χ1) is 13.2. The zero-order valence-electron chi connectivity index (χ0n) is 16.0. The summed E-state index contributed by atoms with van der Waals surface area (Å²) in [5.41, 5.74) is 1.09. The first kappa shape index (κ1) is 19.0. The second-order valence-electron chi connectivity index (χ2n) is 6.31. The van der Waals surface area contributed by atoms with Crippen LogP contribution in [0, 0.1) is 0 Å². The van der Waals surface area contributed by atoms with Gasteiger partial charge in [-0.15, -0.1) is 0 Å². The van der Waals surface area contributed by atoms with Crippen LogP contribution >= 0.6 is 0 Å². The van der Waals surface area contributed by atoms with Crippen molar-refractivity contribution in [2.75, 3.05) is 44.2 Å². The summed E-state index contributed by atoms with van der Waals surface area (Å²) in [6.07, 6.45) is 1.28. The number of ether oxygens (including phenoxy) is 1. The molecule has 1 N–H and O–H groups in total. The Hall–Kier alpha value is -2.77. The van der Waals surface area contributed by atoms with E-state index < -0.39 is 0 Å². The molecule has 27 heavy (non-hydrogen) atoms. The van der Waals surface area contributed by atoms with Crippen LogP contribution in [0.5, 0.6) is 5.75 Å². The molecule has 2 amide bonds. The molecular formula is C19H27N5O3. The first-order valence-corrected chi connectivity index (χ1v) is 9.52. The van der Waals surface area contributed by atoms with E-state index in [1.54, 1.807) is 0 Å². The normalized spacial score (nSPS) is 14.3. The third-order valence-corrected chi connectivity index (χ3v) is 4.51. The molecule has 0 unspecified atom stereocenters. The smallest absolute Gasteiger partial charge is 0.317 e. The van der Waals surface area contributed by atoms with Crippen LogP contribution in [-0.4, -0.2) is 60.4 Å². The molecule has 0 aliphatic carbocycles. The van der Waals surface area contributed by atoms with E-state index in [-0.39, 0.29) is 6.03 Å². The molecule has 2 heterocycles. The van der Waals surface area contributed by atoms with Gasteiger partial charge in [0.15, 0.2) is 5.82 Å². The van der Waals surface area contributed by atoms with Crippen molar-refractivity contribution in [3.63, 3.8) is 0 Å². The fraction of sp³-hybridized carbons (Fsp3) is 0.526. The number of nitrogens with zero attached hydrogens (tertiary/aromatic N) is 4. The highest BCUT2D eigenvalue weighted by Gasteiger charge is 2.22. The fourth-order valence-electron chi connectivity index (χ4n) is 3.07. The lowest BCUT2D eigenvalue weighted by atomic mass is 10.2. The number of hydrogen-bond acceptors (Lipinski definition) is 6. The average Bonchev–Trinajstić information content (AvgIpc) is 3.17. The highest BCUT2D eigenvalue weighted by molar-refractivity contribution is 5.74. The van der Waals surface area contributed by atoms with Gasteiger partial charge in [0.05, 0.1) is 12.3 Å². The number of aryl methyl sites for hydroxylation is 1. The maximum absolute atomic E-state index is 12.4. The number of hydrogen-bond donors (Lipinski definition) is 1. The van der Waals surface area contributed by atoms with E-state index in [1.807, 2.05) is 36.9 Å². The molecule has 2 aromatic rings. The number of urea groups is 1. The van der Waals surface area contributed by atoms with Gasteiger partial charge in [-0.25, -0.2) is 4.79 Å². The van der Waals surface area contributed by atoms with Crippen molar-refractivity contribution >= 4 is 11.7 Å². The molecule has 1 aromatic heterocycles. The number of para-hydroxylation sites is 2. The van der Waals surface area contributed by atoms with Crippen LogP contribution in [0.4, 0.5) is 10.5 Å². The molecule has 1 aliphatic heterocycles. The van der Waals surface area contributed by atoms with Crippen molar-refractivity contribution in [1.29, 1.82) is 0 Å². The van der Waals surface area contributed by atoms with Gasteiger partial charge in [-0.1, -0.05) is 24.2 Å². The molecular weight excluding hydrogens is 346 g/mol. The van der Waals surface area contributed by atoms with E-state index in [4.69, 9.17) is 9.26 Å². The van der Waals surface area contributed by atoms with Gasteiger partial charge in [0.1, 0.15) is 5.75 Å². The lowest BCUT2D eigenvalue weighted by molar-refractivity contribution is 0.194. The van der Waals surface area contributed by atoms with E-state index in [0.29, 0.717) is 44.4 Å². The second-order valence-corrected chi connectivity index (χ2v) is 6.31. The molecule has 8 heteroatoms. The number of nitrogens with one attached hydrogen (secondary N) is 1. The van der Waals surface area contributed by atoms with Gasteiger partial charge in [0.2, 0.25) is 5.89 Å². The number of benzene rings is 1. The van der Waals surface area contributed by atoms with Crippen molar-refractivity contribution in [3.05, 3.63) is 36.0 Å². The molecule has 1 saturated heterocycles. The predicted molar refractivity (Wildman–Crippen MR) is 102 cm³/mol. The molecule has 146 valence electrons. The van der Waals surface area contributed by atoms with Crippen LogP contribution in [0.1, 0.15) is 25.6 Å². The molecule has 0 radical (unpaired) electrons. The Morgan fingerprint density at radius 1 is 1.22 bits per heavy atom. The minimum Gasteiger partial charge on any atom is -0.492 e. The zero-order valence-corrected chi connectivity index (χ0v) is 16.0. The molecule has 1 aromatic carbocycles. The summed E-state index contributed by atoms with van der Waals surface area (Å²) < 4.78 is 10.8. The van der Waals surface area contributed by atoms with Gasteiger partial charge < -0.3 is 24.4 Å². The number of anilines is 1. The minimum atomic E-state index is -0.0491. The van der Waals surface area contributed by atoms with Crippen LogP contribution in [0.25, 0.3) is 0 Å². The SMILES string of the molecule is CCOc1ccccc1N1CCN(C(=O)NCCc2noc(CC)n2)CC1. The van der Waals surface area contributed by atoms with E-state index in [2.05, 4.69) is 26.4 Å². The quantitative estimate of drug-likeness (QED) is 0.800. The lowest BCUT2D eigenvalue weighted by Crippen LogP contribution is -2.52. The molecule has 0 saturated carbocycles. The number of rotatable bonds is 7. The Kier molecular flexibility index (Phi) is 6.51. The third-order valence-electron chi connectivity index (χ3n) is 4.51. The van der Waals surface area contributed by atoms with Crippen LogP contribution < -0.4 is 15.0 Å². The van der Waals surface area contributed by atoms with Gasteiger partial charge in [-0.2, -0.15) is 4.98 Å². The van der Waals surface area contributed by atoms with Crippen molar-refractivity contribution in [2.24, 2.45) is 0 Å². The monoisotopic (exact) mass is 373 g/mol. The number of aromatic nitrogens is 2. The second kappa shape index (κ2) is 9.25. The Bertz CT molecular complexity index is 740. The largest absolute Gasteiger partial charge is 0.492 e. The van der Waals surface area contributed by atoms with Crippen LogP contribution in [-0.2, 0) is 12.8 Å². The van der Waals surface area contributed by atoms with Gasteiger partial charge in [0.25, 0.3) is 0 Å². The molecule has 0 spiro atoms. The molecule has 3 rings (SSSR count). The Balaban J connectivity index is 1.45. The molecule has 8 nitrogen and oxygen atoms in total. The minimum absolute atomic E-state index is 0.0491. The zero-order chi connectivity index (χ0) is 19.1. The highest BCUT2D eigenvalue weighted by Crippen LogP contribution is 2.28. The number of piperazine rings is 1. The van der Waals surface area contributed by atoms with Crippen molar-refractivity contribution < 1.29 is 14.1 Å². The van der Waals surface area contributed by atoms with E-state index in [1.165, 1.54) is 0 Å². The van der Waals surface area contributed by atoms with Crippen LogP contribution in [0.2, 0.25) is 0 Å². The summed E-state index contributed by atoms with van der Waals surface area (Å²) in [4.78, 5) is 20.7.